The topological polar surface area (TPSA) is 53.2 Å². The first-order valence-corrected chi connectivity index (χ1v) is 10.8. The summed E-state index contributed by atoms with van der Waals surface area (Å²) in [7, 11) is 0. The zero-order valence-corrected chi connectivity index (χ0v) is 17.5. The van der Waals surface area contributed by atoms with E-state index < -0.39 is 0 Å². The van der Waals surface area contributed by atoms with Crippen molar-refractivity contribution >= 4 is 23.2 Å². The number of nitrogens with one attached hydrogen (secondary N) is 1. The van der Waals surface area contributed by atoms with E-state index in [2.05, 4.69) is 21.2 Å². The summed E-state index contributed by atoms with van der Waals surface area (Å²) in [5.74, 6) is 2.52. The van der Waals surface area contributed by atoms with Crippen LogP contribution in [0.5, 0.6) is 0 Å². The van der Waals surface area contributed by atoms with Crippen molar-refractivity contribution in [2.75, 3.05) is 57.4 Å². The van der Waals surface area contributed by atoms with Gasteiger partial charge in [0.15, 0.2) is 5.96 Å². The molecule has 2 aliphatic rings. The SMILES string of the molecule is Clc1cccc(N2CCN(C(=NCC3CCOC3)NCCc3ccco3)CC2)c1. The first-order chi connectivity index (χ1) is 14.3. The van der Waals surface area contributed by atoms with E-state index in [4.69, 9.17) is 25.7 Å². The summed E-state index contributed by atoms with van der Waals surface area (Å²) in [6.45, 7) is 7.07. The van der Waals surface area contributed by atoms with Crippen molar-refractivity contribution < 1.29 is 9.15 Å². The van der Waals surface area contributed by atoms with Gasteiger partial charge in [0, 0.05) is 68.9 Å². The molecule has 1 N–H and O–H groups in total. The normalized spacial score (nSPS) is 20.3. The first-order valence-electron chi connectivity index (χ1n) is 10.4. The molecule has 4 rings (SSSR count). The average molecular weight is 417 g/mol. The number of ether oxygens (including phenoxy) is 1. The van der Waals surface area contributed by atoms with E-state index in [-0.39, 0.29) is 0 Å². The highest BCUT2D eigenvalue weighted by Gasteiger charge is 2.21. The van der Waals surface area contributed by atoms with Crippen molar-refractivity contribution in [1.29, 1.82) is 0 Å². The minimum atomic E-state index is 0.532. The van der Waals surface area contributed by atoms with Gasteiger partial charge in [-0.1, -0.05) is 17.7 Å². The molecule has 0 aliphatic carbocycles. The van der Waals surface area contributed by atoms with Crippen LogP contribution in [0.3, 0.4) is 0 Å². The summed E-state index contributed by atoms with van der Waals surface area (Å²) in [6.07, 6.45) is 3.67. The number of guanidine groups is 1. The van der Waals surface area contributed by atoms with E-state index in [0.717, 1.165) is 82.1 Å². The number of aliphatic imine (C=N–C) groups is 1. The van der Waals surface area contributed by atoms with Crippen molar-refractivity contribution in [2.45, 2.75) is 12.8 Å². The molecule has 2 aliphatic heterocycles. The Morgan fingerprint density at radius 1 is 1.17 bits per heavy atom. The van der Waals surface area contributed by atoms with Gasteiger partial charge in [0.05, 0.1) is 12.9 Å². The molecule has 156 valence electrons. The number of hydrogen-bond donors (Lipinski definition) is 1. The van der Waals surface area contributed by atoms with Crippen LogP contribution in [-0.4, -0.2) is 63.3 Å². The van der Waals surface area contributed by atoms with Gasteiger partial charge in [0.1, 0.15) is 5.76 Å². The van der Waals surface area contributed by atoms with Crippen molar-refractivity contribution in [3.63, 3.8) is 0 Å². The van der Waals surface area contributed by atoms with Crippen LogP contribution in [0.15, 0.2) is 52.1 Å². The van der Waals surface area contributed by atoms with Crippen molar-refractivity contribution in [3.8, 4) is 0 Å². The summed E-state index contributed by atoms with van der Waals surface area (Å²) in [5.41, 5.74) is 1.18. The van der Waals surface area contributed by atoms with Crippen LogP contribution in [-0.2, 0) is 11.2 Å². The van der Waals surface area contributed by atoms with Crippen LogP contribution in [0.4, 0.5) is 5.69 Å². The number of hydrogen-bond acceptors (Lipinski definition) is 4. The summed E-state index contributed by atoms with van der Waals surface area (Å²) >= 11 is 6.16. The van der Waals surface area contributed by atoms with Gasteiger partial charge >= 0.3 is 0 Å². The van der Waals surface area contributed by atoms with E-state index >= 15 is 0 Å². The van der Waals surface area contributed by atoms with Crippen molar-refractivity contribution in [3.05, 3.63) is 53.4 Å². The van der Waals surface area contributed by atoms with Crippen LogP contribution >= 0.6 is 11.6 Å². The molecule has 1 atom stereocenters. The average Bonchev–Trinajstić information content (AvgIpc) is 3.45. The molecule has 1 aromatic heterocycles. The number of rotatable bonds is 6. The smallest absolute Gasteiger partial charge is 0.194 e. The van der Waals surface area contributed by atoms with Gasteiger partial charge < -0.3 is 24.3 Å². The number of halogens is 1. The number of anilines is 1. The van der Waals surface area contributed by atoms with E-state index in [0.29, 0.717) is 5.92 Å². The monoisotopic (exact) mass is 416 g/mol. The van der Waals surface area contributed by atoms with Crippen LogP contribution in [0, 0.1) is 5.92 Å². The lowest BCUT2D eigenvalue weighted by atomic mass is 10.1. The summed E-state index contributed by atoms with van der Waals surface area (Å²) in [4.78, 5) is 9.68. The third kappa shape index (κ3) is 5.67. The maximum absolute atomic E-state index is 6.16. The number of benzene rings is 1. The number of nitrogens with zero attached hydrogens (tertiary/aromatic N) is 3. The standard InChI is InChI=1S/C22H29ClN4O2/c23-19-3-1-4-20(15-19)26-9-11-27(12-10-26)22(25-16-18-7-14-28-17-18)24-8-6-21-5-2-13-29-21/h1-5,13,15,18H,6-12,14,16-17H2,(H,24,25). The molecule has 3 heterocycles. The molecule has 0 radical (unpaired) electrons. The highest BCUT2D eigenvalue weighted by molar-refractivity contribution is 6.30. The molecular weight excluding hydrogens is 388 g/mol. The van der Waals surface area contributed by atoms with E-state index in [1.165, 1.54) is 5.69 Å². The minimum absolute atomic E-state index is 0.532. The van der Waals surface area contributed by atoms with E-state index in [1.807, 2.05) is 30.3 Å². The summed E-state index contributed by atoms with van der Waals surface area (Å²) < 4.78 is 11.0. The van der Waals surface area contributed by atoms with Gasteiger partial charge in [-0.05, 0) is 36.8 Å². The third-order valence-electron chi connectivity index (χ3n) is 5.51. The molecule has 29 heavy (non-hydrogen) atoms. The van der Waals surface area contributed by atoms with E-state index in [1.54, 1.807) is 6.26 Å². The van der Waals surface area contributed by atoms with Gasteiger partial charge in [0.25, 0.3) is 0 Å². The van der Waals surface area contributed by atoms with E-state index in [9.17, 15) is 0 Å². The molecule has 2 saturated heterocycles. The molecule has 6 nitrogen and oxygen atoms in total. The second-order valence-corrected chi connectivity index (χ2v) is 8.04. The molecule has 0 spiro atoms. The van der Waals surface area contributed by atoms with Crippen molar-refractivity contribution in [1.82, 2.24) is 10.2 Å². The Balaban J connectivity index is 1.35. The Hall–Kier alpha value is -2.18. The second kappa shape index (κ2) is 10.0. The largest absolute Gasteiger partial charge is 0.469 e. The fraction of sp³-hybridized carbons (Fsp3) is 0.500. The lowest BCUT2D eigenvalue weighted by Gasteiger charge is -2.38. The first kappa shape index (κ1) is 20.1. The Morgan fingerprint density at radius 2 is 2.07 bits per heavy atom. The molecule has 0 amide bonds. The Kier molecular flexibility index (Phi) is 6.96. The molecule has 2 aromatic rings. The molecular formula is C22H29ClN4O2. The lowest BCUT2D eigenvalue weighted by Crippen LogP contribution is -2.53. The minimum Gasteiger partial charge on any atom is -0.469 e. The Labute approximate surface area is 177 Å². The number of piperazine rings is 1. The Bertz CT molecular complexity index is 782. The van der Waals surface area contributed by atoms with Gasteiger partial charge in [0.2, 0.25) is 0 Å². The molecule has 0 bridgehead atoms. The third-order valence-corrected chi connectivity index (χ3v) is 5.75. The fourth-order valence-corrected chi connectivity index (χ4v) is 4.00. The van der Waals surface area contributed by atoms with Gasteiger partial charge in [-0.15, -0.1) is 0 Å². The van der Waals surface area contributed by atoms with Crippen LogP contribution < -0.4 is 10.2 Å². The van der Waals surface area contributed by atoms with Crippen LogP contribution in [0.25, 0.3) is 0 Å². The predicted octanol–water partition coefficient (Wildman–Crippen LogP) is 3.28. The zero-order chi connectivity index (χ0) is 19.9. The summed E-state index contributed by atoms with van der Waals surface area (Å²) in [6, 6.07) is 12.0. The Morgan fingerprint density at radius 3 is 2.79 bits per heavy atom. The molecule has 0 saturated carbocycles. The molecule has 2 fully saturated rings. The van der Waals surface area contributed by atoms with Crippen molar-refractivity contribution in [2.24, 2.45) is 10.9 Å². The number of furan rings is 1. The highest BCUT2D eigenvalue weighted by atomic mass is 35.5. The predicted molar refractivity (Wildman–Crippen MR) is 117 cm³/mol. The van der Waals surface area contributed by atoms with Gasteiger partial charge in [-0.25, -0.2) is 0 Å². The van der Waals surface area contributed by atoms with Crippen LogP contribution in [0.2, 0.25) is 5.02 Å². The highest BCUT2D eigenvalue weighted by Crippen LogP contribution is 2.21. The lowest BCUT2D eigenvalue weighted by molar-refractivity contribution is 0.187. The van der Waals surface area contributed by atoms with Crippen LogP contribution in [0.1, 0.15) is 12.2 Å². The molecule has 1 unspecified atom stereocenters. The molecule has 1 aromatic carbocycles. The van der Waals surface area contributed by atoms with Gasteiger partial charge in [-0.3, -0.25) is 4.99 Å². The van der Waals surface area contributed by atoms with Gasteiger partial charge in [-0.2, -0.15) is 0 Å². The summed E-state index contributed by atoms with van der Waals surface area (Å²) in [5, 5.41) is 4.33. The zero-order valence-electron chi connectivity index (χ0n) is 16.7. The molecule has 7 heteroatoms. The maximum Gasteiger partial charge on any atom is 0.194 e. The maximum atomic E-state index is 6.16. The fourth-order valence-electron chi connectivity index (χ4n) is 3.81. The second-order valence-electron chi connectivity index (χ2n) is 7.60. The quantitative estimate of drug-likeness (QED) is 0.578.